The third-order valence-corrected chi connectivity index (χ3v) is 3.10. The van der Waals surface area contributed by atoms with E-state index in [2.05, 4.69) is 15.3 Å². The number of fused-ring (bicyclic) bond motifs is 1. The number of rotatable bonds is 4. The van der Waals surface area contributed by atoms with E-state index in [9.17, 15) is 4.79 Å². The van der Waals surface area contributed by atoms with Gasteiger partial charge >= 0.3 is 0 Å². The van der Waals surface area contributed by atoms with E-state index in [4.69, 9.17) is 5.73 Å². The number of pyridine rings is 1. The molecule has 0 fully saturated rings. The minimum atomic E-state index is -0.261. The largest absolute Gasteiger partial charge is 0.335 e. The minimum Gasteiger partial charge on any atom is -0.335 e. The molecule has 3 N–H and O–H groups in total. The normalized spacial score (nSPS) is 10.7. The molecule has 0 aliphatic rings. The Bertz CT molecular complexity index is 780. The van der Waals surface area contributed by atoms with Gasteiger partial charge in [0.2, 0.25) is 0 Å². The van der Waals surface area contributed by atoms with Gasteiger partial charge < -0.3 is 15.6 Å². The maximum absolute atomic E-state index is 12.1. The predicted molar refractivity (Wildman–Crippen MR) is 81.0 cm³/mol. The first-order valence-electron chi connectivity index (χ1n) is 6.64. The summed E-state index contributed by atoms with van der Waals surface area (Å²) in [6, 6.07) is 9.63. The van der Waals surface area contributed by atoms with Gasteiger partial charge in [0.15, 0.2) is 0 Å². The van der Waals surface area contributed by atoms with Gasteiger partial charge in [-0.05, 0) is 12.1 Å². The molecule has 6 heteroatoms. The lowest BCUT2D eigenvalue weighted by molar-refractivity contribution is 0.102. The molecule has 2 aromatic heterocycles. The second kappa shape index (κ2) is 5.72. The third-order valence-electron chi connectivity index (χ3n) is 3.10. The topological polar surface area (TPSA) is 85.8 Å². The summed E-state index contributed by atoms with van der Waals surface area (Å²) in [4.78, 5) is 20.5. The van der Waals surface area contributed by atoms with Gasteiger partial charge in [0.05, 0.1) is 23.7 Å². The molecular formula is C15H15N5O. The Balaban J connectivity index is 1.78. The Morgan fingerprint density at radius 2 is 2.14 bits per heavy atom. The van der Waals surface area contributed by atoms with E-state index < -0.39 is 0 Å². The van der Waals surface area contributed by atoms with E-state index in [0.29, 0.717) is 24.5 Å². The van der Waals surface area contributed by atoms with Crippen molar-refractivity contribution < 1.29 is 4.79 Å². The van der Waals surface area contributed by atoms with Crippen LogP contribution in [-0.2, 0) is 6.54 Å². The number of anilines is 1. The van der Waals surface area contributed by atoms with Crippen LogP contribution in [0.4, 0.5) is 5.69 Å². The first-order valence-corrected chi connectivity index (χ1v) is 6.64. The average molecular weight is 281 g/mol. The van der Waals surface area contributed by atoms with Crippen LogP contribution in [0.2, 0.25) is 0 Å². The van der Waals surface area contributed by atoms with Crippen LogP contribution in [0.25, 0.3) is 10.9 Å². The molecule has 0 atom stereocenters. The van der Waals surface area contributed by atoms with Crippen molar-refractivity contribution in [3.8, 4) is 0 Å². The van der Waals surface area contributed by atoms with Crippen LogP contribution < -0.4 is 11.1 Å². The van der Waals surface area contributed by atoms with E-state index in [-0.39, 0.29) is 5.91 Å². The molecule has 0 aliphatic carbocycles. The molecule has 0 unspecified atom stereocenters. The van der Waals surface area contributed by atoms with E-state index in [1.165, 1.54) is 0 Å². The van der Waals surface area contributed by atoms with Gasteiger partial charge in [-0.1, -0.05) is 18.2 Å². The molecule has 0 saturated heterocycles. The van der Waals surface area contributed by atoms with Gasteiger partial charge in [0.1, 0.15) is 5.69 Å². The highest BCUT2D eigenvalue weighted by Gasteiger charge is 2.10. The smallest absolute Gasteiger partial charge is 0.275 e. The van der Waals surface area contributed by atoms with Gasteiger partial charge in [-0.3, -0.25) is 9.78 Å². The summed E-state index contributed by atoms with van der Waals surface area (Å²) in [6.07, 6.45) is 4.91. The Morgan fingerprint density at radius 3 is 3.00 bits per heavy atom. The van der Waals surface area contributed by atoms with Crippen molar-refractivity contribution in [3.63, 3.8) is 0 Å². The molecule has 0 saturated carbocycles. The highest BCUT2D eigenvalue weighted by molar-refractivity contribution is 6.03. The maximum atomic E-state index is 12.1. The summed E-state index contributed by atoms with van der Waals surface area (Å²) in [5, 5.41) is 3.77. The molecule has 0 bridgehead atoms. The lowest BCUT2D eigenvalue weighted by Gasteiger charge is -2.04. The molecule has 1 amide bonds. The fraction of sp³-hybridized carbons (Fsp3) is 0.133. The number of amides is 1. The number of benzene rings is 1. The average Bonchev–Trinajstić information content (AvgIpc) is 2.96. The number of hydrogen-bond acceptors (Lipinski definition) is 4. The van der Waals surface area contributed by atoms with Crippen molar-refractivity contribution in [2.75, 3.05) is 11.9 Å². The molecule has 21 heavy (non-hydrogen) atoms. The second-order valence-electron chi connectivity index (χ2n) is 4.66. The van der Waals surface area contributed by atoms with Gasteiger partial charge in [-0.25, -0.2) is 4.98 Å². The number of hydrogen-bond donors (Lipinski definition) is 2. The fourth-order valence-electron chi connectivity index (χ4n) is 2.08. The first-order chi connectivity index (χ1) is 10.3. The summed E-state index contributed by atoms with van der Waals surface area (Å²) in [5.41, 5.74) is 7.36. The molecule has 3 rings (SSSR count). The number of nitrogens with two attached hydrogens (primary N) is 1. The molecule has 0 spiro atoms. The van der Waals surface area contributed by atoms with Crippen LogP contribution in [0.3, 0.4) is 0 Å². The van der Waals surface area contributed by atoms with E-state index >= 15 is 0 Å². The van der Waals surface area contributed by atoms with Gasteiger partial charge in [0.25, 0.3) is 5.91 Å². The molecule has 2 heterocycles. The number of nitrogens with one attached hydrogen (secondary N) is 1. The monoisotopic (exact) mass is 281 g/mol. The predicted octanol–water partition coefficient (Wildman–Crippen LogP) is 1.64. The van der Waals surface area contributed by atoms with Crippen LogP contribution in [0.1, 0.15) is 10.5 Å². The quantitative estimate of drug-likeness (QED) is 0.761. The van der Waals surface area contributed by atoms with Crippen molar-refractivity contribution in [1.29, 1.82) is 0 Å². The Labute approximate surface area is 121 Å². The minimum absolute atomic E-state index is 0.261. The zero-order chi connectivity index (χ0) is 14.7. The van der Waals surface area contributed by atoms with Gasteiger partial charge in [-0.2, -0.15) is 0 Å². The molecule has 106 valence electrons. The van der Waals surface area contributed by atoms with Crippen molar-refractivity contribution in [2.45, 2.75) is 6.54 Å². The van der Waals surface area contributed by atoms with Gasteiger partial charge in [-0.15, -0.1) is 0 Å². The van der Waals surface area contributed by atoms with E-state index in [1.807, 2.05) is 30.3 Å². The van der Waals surface area contributed by atoms with Gasteiger partial charge in [0, 0.05) is 24.7 Å². The number of para-hydroxylation sites is 1. The summed E-state index contributed by atoms with van der Waals surface area (Å²) in [7, 11) is 0. The fourth-order valence-corrected chi connectivity index (χ4v) is 2.08. The van der Waals surface area contributed by atoms with Crippen molar-refractivity contribution in [1.82, 2.24) is 14.5 Å². The van der Waals surface area contributed by atoms with Crippen LogP contribution >= 0.6 is 0 Å². The van der Waals surface area contributed by atoms with E-state index in [0.717, 1.165) is 10.9 Å². The third kappa shape index (κ3) is 2.90. The second-order valence-corrected chi connectivity index (χ2v) is 4.66. The van der Waals surface area contributed by atoms with Crippen molar-refractivity contribution in [2.24, 2.45) is 5.73 Å². The van der Waals surface area contributed by atoms with Crippen molar-refractivity contribution >= 4 is 22.5 Å². The highest BCUT2D eigenvalue weighted by atomic mass is 16.1. The maximum Gasteiger partial charge on any atom is 0.275 e. The number of carbonyl (C=O) groups is 1. The summed E-state index contributed by atoms with van der Waals surface area (Å²) < 4.78 is 1.79. The Hall–Kier alpha value is -2.73. The molecule has 0 radical (unpaired) electrons. The summed E-state index contributed by atoms with van der Waals surface area (Å²) in [6.45, 7) is 1.14. The first kappa shape index (κ1) is 13.3. The van der Waals surface area contributed by atoms with Crippen LogP contribution in [-0.4, -0.2) is 27.0 Å². The van der Waals surface area contributed by atoms with Crippen LogP contribution in [0, 0.1) is 0 Å². The van der Waals surface area contributed by atoms with E-state index in [1.54, 1.807) is 23.3 Å². The zero-order valence-corrected chi connectivity index (χ0v) is 11.4. The standard InChI is InChI=1S/C15H15N5O/c16-5-6-20-9-14(18-10-20)15(21)19-12-7-11-3-1-2-4-13(11)17-8-12/h1-4,7-10H,5-6,16H2,(H,19,21). The van der Waals surface area contributed by atoms with Crippen LogP contribution in [0.5, 0.6) is 0 Å². The summed E-state index contributed by atoms with van der Waals surface area (Å²) in [5.74, 6) is -0.261. The van der Waals surface area contributed by atoms with Crippen LogP contribution in [0.15, 0.2) is 49.1 Å². The molecular weight excluding hydrogens is 266 g/mol. The lowest BCUT2D eigenvalue weighted by Crippen LogP contribution is -2.13. The molecule has 1 aromatic carbocycles. The zero-order valence-electron chi connectivity index (χ0n) is 11.4. The Morgan fingerprint density at radius 1 is 1.29 bits per heavy atom. The highest BCUT2D eigenvalue weighted by Crippen LogP contribution is 2.16. The lowest BCUT2D eigenvalue weighted by atomic mass is 10.2. The molecule has 3 aromatic rings. The molecule has 0 aliphatic heterocycles. The summed E-state index contributed by atoms with van der Waals surface area (Å²) >= 11 is 0. The Kier molecular flexibility index (Phi) is 3.61. The number of nitrogens with zero attached hydrogens (tertiary/aromatic N) is 3. The SMILES string of the molecule is NCCn1cnc(C(=O)Nc2cnc3ccccc3c2)c1. The molecule has 6 nitrogen and oxygen atoms in total. The number of imidazole rings is 1. The van der Waals surface area contributed by atoms with Crippen molar-refractivity contribution in [3.05, 3.63) is 54.7 Å². The number of carbonyl (C=O) groups excluding carboxylic acids is 1. The number of aromatic nitrogens is 3.